The summed E-state index contributed by atoms with van der Waals surface area (Å²) in [5.41, 5.74) is 7.93. The van der Waals surface area contributed by atoms with Gasteiger partial charge in [-0.05, 0) is 42.9 Å². The highest BCUT2D eigenvalue weighted by atomic mass is 35.5. The van der Waals surface area contributed by atoms with Crippen molar-refractivity contribution in [1.29, 1.82) is 0 Å². The second-order valence-corrected chi connectivity index (χ2v) is 6.61. The molecule has 7 heteroatoms. The Morgan fingerprint density at radius 2 is 1.62 bits per heavy atom. The first kappa shape index (κ1) is 27.2. The van der Waals surface area contributed by atoms with Crippen LogP contribution in [0.1, 0.15) is 32.4 Å². The highest BCUT2D eigenvalue weighted by Crippen LogP contribution is 2.22. The van der Waals surface area contributed by atoms with E-state index in [4.69, 9.17) is 10.5 Å². The molecule has 162 valence electrons. The maximum absolute atomic E-state index is 12.5. The lowest BCUT2D eigenvalue weighted by Crippen LogP contribution is -2.30. The van der Waals surface area contributed by atoms with Crippen LogP contribution in [0.4, 0.5) is 5.69 Å². The molecule has 0 saturated carbocycles. The van der Waals surface area contributed by atoms with Gasteiger partial charge in [-0.3, -0.25) is 4.79 Å². The van der Waals surface area contributed by atoms with Crippen molar-refractivity contribution >= 4 is 36.4 Å². The molecule has 0 aliphatic rings. The van der Waals surface area contributed by atoms with E-state index in [9.17, 15) is 4.79 Å². The molecule has 2 aromatic carbocycles. The third kappa shape index (κ3) is 8.62. The fraction of sp³-hybridized carbons (Fsp3) is 0.409. The fourth-order valence-electron chi connectivity index (χ4n) is 2.85. The number of amides is 1. The van der Waals surface area contributed by atoms with Gasteiger partial charge in [0.25, 0.3) is 0 Å². The molecular weight excluding hydrogens is 409 g/mol. The molecule has 0 heterocycles. The van der Waals surface area contributed by atoms with Gasteiger partial charge in [-0.25, -0.2) is 0 Å². The number of nitrogens with zero attached hydrogens (tertiary/aromatic N) is 1. The third-order valence-corrected chi connectivity index (χ3v) is 4.83. The molecule has 0 spiro atoms. The Kier molecular flexibility index (Phi) is 13.4. The molecule has 2 rings (SSSR count). The molecular formula is C22H33Cl2N3O2. The number of rotatable bonds is 10. The van der Waals surface area contributed by atoms with E-state index in [0.29, 0.717) is 6.61 Å². The van der Waals surface area contributed by atoms with Crippen LogP contribution >= 0.6 is 24.8 Å². The number of carbonyl (C=O) groups excluding carboxylic acids is 1. The van der Waals surface area contributed by atoms with E-state index < -0.39 is 0 Å². The van der Waals surface area contributed by atoms with Gasteiger partial charge in [0.1, 0.15) is 12.4 Å². The quantitative estimate of drug-likeness (QED) is 0.568. The van der Waals surface area contributed by atoms with Crippen LogP contribution < -0.4 is 15.8 Å². The summed E-state index contributed by atoms with van der Waals surface area (Å²) in [6.45, 7) is 9.73. The van der Waals surface area contributed by atoms with Crippen molar-refractivity contribution in [2.45, 2.75) is 26.8 Å². The summed E-state index contributed by atoms with van der Waals surface area (Å²) >= 11 is 0. The van der Waals surface area contributed by atoms with Crippen LogP contribution in [-0.2, 0) is 4.79 Å². The number of anilines is 1. The van der Waals surface area contributed by atoms with Crippen molar-refractivity contribution in [3.05, 3.63) is 60.2 Å². The lowest BCUT2D eigenvalue weighted by Gasteiger charge is -2.20. The SMILES string of the molecule is CCN(CC)CCOc1ccc(NC(=O)C(C)C(N)c2ccccc2)cc1.Cl.Cl. The van der Waals surface area contributed by atoms with E-state index in [2.05, 4.69) is 24.1 Å². The molecule has 2 aromatic rings. The maximum atomic E-state index is 12.5. The van der Waals surface area contributed by atoms with E-state index in [1.165, 1.54) is 0 Å². The monoisotopic (exact) mass is 441 g/mol. The zero-order valence-corrected chi connectivity index (χ0v) is 19.0. The lowest BCUT2D eigenvalue weighted by atomic mass is 9.94. The lowest BCUT2D eigenvalue weighted by molar-refractivity contribution is -0.120. The Balaban J connectivity index is 0.00000392. The number of halogens is 2. The van der Waals surface area contributed by atoms with E-state index >= 15 is 0 Å². The zero-order chi connectivity index (χ0) is 19.6. The Hall–Kier alpha value is -1.79. The normalized spacial score (nSPS) is 12.3. The van der Waals surface area contributed by atoms with Gasteiger partial charge in [0.2, 0.25) is 5.91 Å². The predicted molar refractivity (Wildman–Crippen MR) is 125 cm³/mol. The minimum atomic E-state index is -0.339. The van der Waals surface area contributed by atoms with Crippen molar-refractivity contribution in [2.24, 2.45) is 11.7 Å². The molecule has 0 aromatic heterocycles. The molecule has 1 amide bonds. The topological polar surface area (TPSA) is 67.6 Å². The summed E-state index contributed by atoms with van der Waals surface area (Å²) in [6.07, 6.45) is 0. The first-order valence-corrected chi connectivity index (χ1v) is 9.61. The zero-order valence-electron chi connectivity index (χ0n) is 17.3. The number of ether oxygens (including phenoxy) is 1. The average molecular weight is 442 g/mol. The molecule has 0 bridgehead atoms. The van der Waals surface area contributed by atoms with Gasteiger partial charge in [0.05, 0.1) is 5.92 Å². The molecule has 5 nitrogen and oxygen atoms in total. The molecule has 2 atom stereocenters. The van der Waals surface area contributed by atoms with Gasteiger partial charge in [0.15, 0.2) is 0 Å². The van der Waals surface area contributed by atoms with Crippen molar-refractivity contribution in [3.63, 3.8) is 0 Å². The van der Waals surface area contributed by atoms with Crippen LogP contribution in [-0.4, -0.2) is 37.0 Å². The summed E-state index contributed by atoms with van der Waals surface area (Å²) < 4.78 is 5.77. The minimum absolute atomic E-state index is 0. The number of nitrogens with two attached hydrogens (primary N) is 1. The van der Waals surface area contributed by atoms with Crippen LogP contribution in [0.25, 0.3) is 0 Å². The summed E-state index contributed by atoms with van der Waals surface area (Å²) in [7, 11) is 0. The summed E-state index contributed by atoms with van der Waals surface area (Å²) in [5.74, 6) is 0.369. The number of hydrogen-bond acceptors (Lipinski definition) is 4. The Morgan fingerprint density at radius 3 is 2.17 bits per heavy atom. The van der Waals surface area contributed by atoms with Crippen LogP contribution in [0.15, 0.2) is 54.6 Å². The number of carbonyl (C=O) groups is 1. The van der Waals surface area contributed by atoms with E-state index in [-0.39, 0.29) is 42.7 Å². The molecule has 0 saturated heterocycles. The van der Waals surface area contributed by atoms with E-state index in [0.717, 1.165) is 36.6 Å². The smallest absolute Gasteiger partial charge is 0.229 e. The summed E-state index contributed by atoms with van der Waals surface area (Å²) in [4.78, 5) is 14.8. The van der Waals surface area contributed by atoms with Gasteiger partial charge < -0.3 is 20.7 Å². The van der Waals surface area contributed by atoms with Gasteiger partial charge >= 0.3 is 0 Å². The van der Waals surface area contributed by atoms with Gasteiger partial charge in [0, 0.05) is 18.3 Å². The standard InChI is InChI=1S/C22H31N3O2.2ClH/c1-4-25(5-2)15-16-27-20-13-11-19(12-14-20)24-22(26)17(3)21(23)18-9-7-6-8-10-18;;/h6-14,17,21H,4-5,15-16,23H2,1-3H3,(H,24,26);2*1H. The predicted octanol–water partition coefficient (Wildman–Crippen LogP) is 4.53. The highest BCUT2D eigenvalue weighted by Gasteiger charge is 2.22. The Morgan fingerprint density at radius 1 is 1.03 bits per heavy atom. The summed E-state index contributed by atoms with van der Waals surface area (Å²) in [5, 5.41) is 2.93. The number of likely N-dealkylation sites (N-methyl/N-ethyl adjacent to an activating group) is 1. The minimum Gasteiger partial charge on any atom is -0.492 e. The third-order valence-electron chi connectivity index (χ3n) is 4.83. The second kappa shape index (κ2) is 14.2. The molecule has 0 aliphatic heterocycles. The van der Waals surface area contributed by atoms with Crippen LogP contribution in [0.2, 0.25) is 0 Å². The molecule has 3 N–H and O–H groups in total. The van der Waals surface area contributed by atoms with Crippen LogP contribution in [0.3, 0.4) is 0 Å². The largest absolute Gasteiger partial charge is 0.492 e. The van der Waals surface area contributed by atoms with Crippen LogP contribution in [0, 0.1) is 5.92 Å². The molecule has 0 fully saturated rings. The number of hydrogen-bond donors (Lipinski definition) is 2. The fourth-order valence-corrected chi connectivity index (χ4v) is 2.85. The molecule has 0 radical (unpaired) electrons. The second-order valence-electron chi connectivity index (χ2n) is 6.61. The molecule has 2 unspecified atom stereocenters. The van der Waals surface area contributed by atoms with Crippen molar-refractivity contribution < 1.29 is 9.53 Å². The van der Waals surface area contributed by atoms with E-state index in [1.54, 1.807) is 0 Å². The Labute approximate surface area is 186 Å². The van der Waals surface area contributed by atoms with Crippen molar-refractivity contribution in [3.8, 4) is 5.75 Å². The van der Waals surface area contributed by atoms with Gasteiger partial charge in [-0.2, -0.15) is 0 Å². The highest BCUT2D eigenvalue weighted by molar-refractivity contribution is 5.92. The molecule has 29 heavy (non-hydrogen) atoms. The number of benzene rings is 2. The summed E-state index contributed by atoms with van der Waals surface area (Å²) in [6, 6.07) is 16.8. The van der Waals surface area contributed by atoms with Crippen molar-refractivity contribution in [2.75, 3.05) is 31.6 Å². The average Bonchev–Trinajstić information content (AvgIpc) is 2.72. The van der Waals surface area contributed by atoms with Crippen LogP contribution in [0.5, 0.6) is 5.75 Å². The first-order valence-electron chi connectivity index (χ1n) is 9.61. The van der Waals surface area contributed by atoms with Crippen molar-refractivity contribution in [1.82, 2.24) is 4.90 Å². The van der Waals surface area contributed by atoms with Gasteiger partial charge in [-0.15, -0.1) is 24.8 Å². The van der Waals surface area contributed by atoms with E-state index in [1.807, 2.05) is 61.5 Å². The van der Waals surface area contributed by atoms with Gasteiger partial charge in [-0.1, -0.05) is 51.1 Å². The molecule has 0 aliphatic carbocycles. The number of nitrogens with one attached hydrogen (secondary N) is 1. The maximum Gasteiger partial charge on any atom is 0.229 e. The first-order chi connectivity index (χ1) is 13.0. The Bertz CT molecular complexity index is 695.